The van der Waals surface area contributed by atoms with Crippen LogP contribution in [0.25, 0.3) is 0 Å². The quantitative estimate of drug-likeness (QED) is 0.699. The van der Waals surface area contributed by atoms with E-state index in [4.69, 9.17) is 9.47 Å². The maximum atomic E-state index is 13.6. The number of halogens is 1. The van der Waals surface area contributed by atoms with E-state index in [-0.39, 0.29) is 6.42 Å². The van der Waals surface area contributed by atoms with Crippen molar-refractivity contribution < 1.29 is 23.8 Å². The van der Waals surface area contributed by atoms with E-state index in [1.165, 1.54) is 0 Å². The first-order valence-corrected chi connectivity index (χ1v) is 5.07. The molecule has 1 heterocycles. The van der Waals surface area contributed by atoms with Gasteiger partial charge in [-0.1, -0.05) is 6.92 Å². The van der Waals surface area contributed by atoms with E-state index in [0.29, 0.717) is 0 Å². The van der Waals surface area contributed by atoms with Crippen LogP contribution in [-0.2, 0) is 14.3 Å². The minimum absolute atomic E-state index is 0.126. The van der Waals surface area contributed by atoms with Crippen molar-refractivity contribution >= 4 is 5.78 Å². The van der Waals surface area contributed by atoms with E-state index in [2.05, 4.69) is 0 Å². The SMILES string of the molecule is CCC1(O)C(F)C(=O)[C@@H]2OC(C)(C)O[C@@H]21. The van der Waals surface area contributed by atoms with Crippen molar-refractivity contribution in [1.29, 1.82) is 0 Å². The molecule has 0 bridgehead atoms. The van der Waals surface area contributed by atoms with E-state index in [1.54, 1.807) is 20.8 Å². The molecule has 2 rings (SSSR count). The number of Topliss-reactive ketones (excluding diaryl/α,β-unsaturated/α-hetero) is 1. The number of carbonyl (C=O) groups is 1. The van der Waals surface area contributed by atoms with Gasteiger partial charge >= 0.3 is 0 Å². The molecule has 86 valence electrons. The summed E-state index contributed by atoms with van der Waals surface area (Å²) in [4.78, 5) is 11.5. The summed E-state index contributed by atoms with van der Waals surface area (Å²) >= 11 is 0. The van der Waals surface area contributed by atoms with Crippen LogP contribution in [0.3, 0.4) is 0 Å². The summed E-state index contributed by atoms with van der Waals surface area (Å²) in [5.74, 6) is -1.65. The first-order chi connectivity index (χ1) is 6.82. The van der Waals surface area contributed by atoms with E-state index >= 15 is 0 Å². The Hall–Kier alpha value is -0.520. The summed E-state index contributed by atoms with van der Waals surface area (Å²) in [6.45, 7) is 4.90. The van der Waals surface area contributed by atoms with Crippen LogP contribution in [0.15, 0.2) is 0 Å². The molecular weight excluding hydrogens is 203 g/mol. The summed E-state index contributed by atoms with van der Waals surface area (Å²) < 4.78 is 24.2. The Balaban J connectivity index is 2.34. The first-order valence-electron chi connectivity index (χ1n) is 5.07. The van der Waals surface area contributed by atoms with E-state index in [9.17, 15) is 14.3 Å². The smallest absolute Gasteiger partial charge is 0.201 e. The minimum atomic E-state index is -1.91. The Kier molecular flexibility index (Phi) is 2.19. The lowest BCUT2D eigenvalue weighted by atomic mass is 9.95. The van der Waals surface area contributed by atoms with Gasteiger partial charge in [-0.25, -0.2) is 4.39 Å². The molecule has 4 nitrogen and oxygen atoms in total. The highest BCUT2D eigenvalue weighted by Crippen LogP contribution is 2.44. The van der Waals surface area contributed by atoms with E-state index in [0.717, 1.165) is 0 Å². The monoisotopic (exact) mass is 218 g/mol. The number of ether oxygens (including phenoxy) is 2. The molecule has 4 atom stereocenters. The molecule has 1 saturated carbocycles. The van der Waals surface area contributed by atoms with Crippen molar-refractivity contribution in [2.45, 2.75) is 57.0 Å². The number of rotatable bonds is 1. The van der Waals surface area contributed by atoms with Gasteiger partial charge in [-0.2, -0.15) is 0 Å². The number of hydrogen-bond acceptors (Lipinski definition) is 4. The zero-order valence-electron chi connectivity index (χ0n) is 8.99. The van der Waals surface area contributed by atoms with Gasteiger partial charge in [0.25, 0.3) is 0 Å². The van der Waals surface area contributed by atoms with Gasteiger partial charge in [0, 0.05) is 0 Å². The largest absolute Gasteiger partial charge is 0.384 e. The Morgan fingerprint density at radius 3 is 2.60 bits per heavy atom. The fourth-order valence-corrected chi connectivity index (χ4v) is 2.25. The van der Waals surface area contributed by atoms with Crippen molar-refractivity contribution in [2.24, 2.45) is 0 Å². The molecule has 1 N–H and O–H groups in total. The molecule has 0 aromatic carbocycles. The van der Waals surface area contributed by atoms with E-state index in [1.807, 2.05) is 0 Å². The molecule has 15 heavy (non-hydrogen) atoms. The Morgan fingerprint density at radius 2 is 2.07 bits per heavy atom. The van der Waals surface area contributed by atoms with Crippen LogP contribution in [0, 0.1) is 0 Å². The lowest BCUT2D eigenvalue weighted by Gasteiger charge is -2.29. The number of aliphatic hydroxyl groups is 1. The zero-order valence-corrected chi connectivity index (χ0v) is 8.99. The zero-order chi connectivity index (χ0) is 11.4. The van der Waals surface area contributed by atoms with Gasteiger partial charge in [-0.05, 0) is 20.3 Å². The van der Waals surface area contributed by atoms with Crippen molar-refractivity contribution in [3.63, 3.8) is 0 Å². The van der Waals surface area contributed by atoms with E-state index < -0.39 is 35.6 Å². The van der Waals surface area contributed by atoms with Crippen molar-refractivity contribution in [3.05, 3.63) is 0 Å². The predicted octanol–water partition coefficient (Wildman–Crippen LogP) is 0.568. The Morgan fingerprint density at radius 1 is 1.47 bits per heavy atom. The van der Waals surface area contributed by atoms with Crippen LogP contribution in [0.5, 0.6) is 0 Å². The average Bonchev–Trinajstić information content (AvgIpc) is 2.57. The minimum Gasteiger partial charge on any atom is -0.384 e. The fourth-order valence-electron chi connectivity index (χ4n) is 2.25. The summed E-state index contributed by atoms with van der Waals surface area (Å²) in [6, 6.07) is 0. The fraction of sp³-hybridized carbons (Fsp3) is 0.900. The predicted molar refractivity (Wildman–Crippen MR) is 49.0 cm³/mol. The second-order valence-electron chi connectivity index (χ2n) is 4.59. The topological polar surface area (TPSA) is 55.8 Å². The third kappa shape index (κ3) is 1.33. The van der Waals surface area contributed by atoms with Gasteiger partial charge < -0.3 is 14.6 Å². The van der Waals surface area contributed by atoms with Crippen molar-refractivity contribution in [1.82, 2.24) is 0 Å². The van der Waals surface area contributed by atoms with Gasteiger partial charge in [-0.15, -0.1) is 0 Å². The number of ketones is 1. The molecule has 0 amide bonds. The van der Waals surface area contributed by atoms with Crippen molar-refractivity contribution in [2.75, 3.05) is 0 Å². The number of fused-ring (bicyclic) bond motifs is 1. The Bertz CT molecular complexity index is 304. The second-order valence-corrected chi connectivity index (χ2v) is 4.59. The van der Waals surface area contributed by atoms with Crippen LogP contribution < -0.4 is 0 Å². The van der Waals surface area contributed by atoms with Crippen LogP contribution in [-0.4, -0.2) is 40.7 Å². The molecule has 5 heteroatoms. The molecule has 1 saturated heterocycles. The highest BCUT2D eigenvalue weighted by Gasteiger charge is 2.66. The maximum Gasteiger partial charge on any atom is 0.201 e. The average molecular weight is 218 g/mol. The molecule has 2 fully saturated rings. The highest BCUT2D eigenvalue weighted by molar-refractivity contribution is 5.92. The lowest BCUT2D eigenvalue weighted by Crippen LogP contribution is -2.47. The molecule has 0 radical (unpaired) electrons. The summed E-state index contributed by atoms with van der Waals surface area (Å²) in [7, 11) is 0. The number of alkyl halides is 1. The van der Waals surface area contributed by atoms with Crippen LogP contribution in [0.1, 0.15) is 27.2 Å². The molecule has 2 unspecified atom stereocenters. The summed E-state index contributed by atoms with van der Waals surface area (Å²) in [6.07, 6.45) is -3.64. The third-order valence-electron chi connectivity index (χ3n) is 3.12. The Labute approximate surface area is 87.4 Å². The molecule has 0 aromatic rings. The summed E-state index contributed by atoms with van der Waals surface area (Å²) in [5, 5.41) is 10.0. The molecular formula is C10H15FO4. The first kappa shape index (κ1) is 11.0. The van der Waals surface area contributed by atoms with Gasteiger partial charge in [0.15, 0.2) is 18.1 Å². The highest BCUT2D eigenvalue weighted by atomic mass is 19.1. The maximum absolute atomic E-state index is 13.6. The molecule has 0 aromatic heterocycles. The van der Waals surface area contributed by atoms with Crippen molar-refractivity contribution in [3.8, 4) is 0 Å². The van der Waals surface area contributed by atoms with Crippen LogP contribution in [0.2, 0.25) is 0 Å². The van der Waals surface area contributed by atoms with Gasteiger partial charge in [-0.3, -0.25) is 4.79 Å². The molecule has 1 aliphatic carbocycles. The third-order valence-corrected chi connectivity index (χ3v) is 3.12. The van der Waals surface area contributed by atoms with Crippen LogP contribution >= 0.6 is 0 Å². The normalized spacial score (nSPS) is 48.3. The molecule has 0 spiro atoms. The van der Waals surface area contributed by atoms with Gasteiger partial charge in [0.1, 0.15) is 11.7 Å². The van der Waals surface area contributed by atoms with Gasteiger partial charge in [0.2, 0.25) is 5.78 Å². The second kappa shape index (κ2) is 2.99. The summed E-state index contributed by atoms with van der Waals surface area (Å²) in [5.41, 5.74) is -1.74. The van der Waals surface area contributed by atoms with Crippen LogP contribution in [0.4, 0.5) is 4.39 Å². The molecule has 2 aliphatic rings. The molecule has 1 aliphatic heterocycles. The number of carbonyl (C=O) groups excluding carboxylic acids is 1. The standard InChI is InChI=1S/C10H15FO4/c1-4-10(13)7(11)5(12)6-8(10)15-9(2,3)14-6/h6-8,13H,4H2,1-3H3/t6-,7?,8-,10?/m0/s1. The van der Waals surface area contributed by atoms with Gasteiger partial charge in [0.05, 0.1) is 0 Å². The number of hydrogen-bond donors (Lipinski definition) is 1. The lowest BCUT2D eigenvalue weighted by molar-refractivity contribution is -0.191.